The molecule has 0 saturated heterocycles. The Kier molecular flexibility index (Phi) is 3.18. The van der Waals surface area contributed by atoms with E-state index in [0.29, 0.717) is 18.5 Å². The molecule has 0 saturated carbocycles. The molecule has 0 radical (unpaired) electrons. The largest absolute Gasteiger partial charge is 0.302 e. The summed E-state index contributed by atoms with van der Waals surface area (Å²) in [5, 5.41) is 9.10. The number of pyridine rings is 1. The van der Waals surface area contributed by atoms with Crippen LogP contribution in [0.25, 0.3) is 5.52 Å². The minimum Gasteiger partial charge on any atom is -0.302 e. The third-order valence-corrected chi connectivity index (χ3v) is 3.25. The predicted octanol–water partition coefficient (Wildman–Crippen LogP) is 3.13. The molecule has 0 aliphatic heterocycles. The highest BCUT2D eigenvalue weighted by Gasteiger charge is 2.09. The van der Waals surface area contributed by atoms with Gasteiger partial charge in [0.15, 0.2) is 5.69 Å². The zero-order valence-electron chi connectivity index (χ0n) is 10.8. The molecule has 0 atom stereocenters. The summed E-state index contributed by atoms with van der Waals surface area (Å²) in [6, 6.07) is 14.3. The Hall–Kier alpha value is -2.67. The molecule has 3 nitrogen and oxygen atoms in total. The number of hydrogen-bond acceptors (Lipinski definition) is 2. The summed E-state index contributed by atoms with van der Waals surface area (Å²) in [6.07, 6.45) is 3.25. The van der Waals surface area contributed by atoms with Gasteiger partial charge in [0.25, 0.3) is 0 Å². The van der Waals surface area contributed by atoms with E-state index in [2.05, 4.69) is 11.1 Å². The molecule has 1 aromatic carbocycles. The van der Waals surface area contributed by atoms with Gasteiger partial charge in [-0.05, 0) is 36.2 Å². The third-order valence-electron chi connectivity index (χ3n) is 3.25. The highest BCUT2D eigenvalue weighted by Crippen LogP contribution is 2.14. The molecule has 0 fully saturated rings. The fraction of sp³-hybridized carbons (Fsp3) is 0.125. The molecule has 0 amide bonds. The van der Waals surface area contributed by atoms with E-state index in [1.807, 2.05) is 34.9 Å². The van der Waals surface area contributed by atoms with Crippen LogP contribution in [0.4, 0.5) is 4.39 Å². The Bertz CT molecular complexity index is 799. The monoisotopic (exact) mass is 265 g/mol. The van der Waals surface area contributed by atoms with Crippen LogP contribution >= 0.6 is 0 Å². The lowest BCUT2D eigenvalue weighted by molar-refractivity contribution is 0.625. The van der Waals surface area contributed by atoms with E-state index in [-0.39, 0.29) is 5.82 Å². The maximum atomic E-state index is 13.1. The smallest absolute Gasteiger partial charge is 0.166 e. The van der Waals surface area contributed by atoms with Gasteiger partial charge in [0.1, 0.15) is 17.7 Å². The number of hydrogen-bond donors (Lipinski definition) is 0. The van der Waals surface area contributed by atoms with Crippen molar-refractivity contribution in [3.05, 3.63) is 71.6 Å². The van der Waals surface area contributed by atoms with E-state index in [4.69, 9.17) is 5.26 Å². The average Bonchev–Trinajstić information content (AvgIpc) is 2.83. The minimum atomic E-state index is -0.229. The van der Waals surface area contributed by atoms with Crippen molar-refractivity contribution in [1.82, 2.24) is 9.38 Å². The van der Waals surface area contributed by atoms with E-state index >= 15 is 0 Å². The molecule has 2 heterocycles. The summed E-state index contributed by atoms with van der Waals surface area (Å²) >= 11 is 0. The summed E-state index contributed by atoms with van der Waals surface area (Å²) in [4.78, 5) is 4.35. The van der Waals surface area contributed by atoms with Crippen molar-refractivity contribution in [3.63, 3.8) is 0 Å². The second-order valence-corrected chi connectivity index (χ2v) is 4.57. The molecule has 4 heteroatoms. The van der Waals surface area contributed by atoms with Crippen LogP contribution in [0.15, 0.2) is 48.7 Å². The first kappa shape index (κ1) is 12.4. The summed E-state index contributed by atoms with van der Waals surface area (Å²) in [5.41, 5.74) is 2.17. The van der Waals surface area contributed by atoms with Crippen LogP contribution in [0.1, 0.15) is 17.1 Å². The first-order valence-electron chi connectivity index (χ1n) is 6.38. The predicted molar refractivity (Wildman–Crippen MR) is 73.7 cm³/mol. The van der Waals surface area contributed by atoms with E-state index in [1.165, 1.54) is 12.1 Å². The van der Waals surface area contributed by atoms with Crippen LogP contribution in [0.3, 0.4) is 0 Å². The summed E-state index contributed by atoms with van der Waals surface area (Å²) in [5.74, 6) is 0.592. The number of benzene rings is 1. The van der Waals surface area contributed by atoms with Crippen LogP contribution in [0.5, 0.6) is 0 Å². The van der Waals surface area contributed by atoms with Crippen molar-refractivity contribution in [1.29, 1.82) is 5.26 Å². The van der Waals surface area contributed by atoms with Gasteiger partial charge >= 0.3 is 0 Å². The number of nitrogens with zero attached hydrogens (tertiary/aromatic N) is 3. The Morgan fingerprint density at radius 2 is 2.05 bits per heavy atom. The molecule has 3 rings (SSSR count). The van der Waals surface area contributed by atoms with Crippen LogP contribution in [-0.4, -0.2) is 9.38 Å². The molecule has 0 aliphatic carbocycles. The standard InChI is InChI=1S/C16H12FN3/c17-13-5-3-4-12(10-13)7-8-16-19-14(11-18)15-6-1-2-9-20(15)16/h1-6,9-10H,7-8H2. The number of aryl methyl sites for hydroxylation is 2. The lowest BCUT2D eigenvalue weighted by Crippen LogP contribution is -1.98. The quantitative estimate of drug-likeness (QED) is 0.730. The Labute approximate surface area is 115 Å². The van der Waals surface area contributed by atoms with Gasteiger partial charge < -0.3 is 4.40 Å². The third kappa shape index (κ3) is 2.26. The van der Waals surface area contributed by atoms with Gasteiger partial charge in [0.05, 0.1) is 5.52 Å². The van der Waals surface area contributed by atoms with Crippen molar-refractivity contribution < 1.29 is 4.39 Å². The highest BCUT2D eigenvalue weighted by atomic mass is 19.1. The number of aromatic nitrogens is 2. The van der Waals surface area contributed by atoms with Crippen LogP contribution in [0.2, 0.25) is 0 Å². The molecule has 98 valence electrons. The van der Waals surface area contributed by atoms with Gasteiger partial charge in [-0.1, -0.05) is 18.2 Å². The molecule has 0 unspecified atom stereocenters. The topological polar surface area (TPSA) is 41.1 Å². The Morgan fingerprint density at radius 3 is 2.85 bits per heavy atom. The van der Waals surface area contributed by atoms with E-state index in [1.54, 1.807) is 6.07 Å². The summed E-state index contributed by atoms with van der Waals surface area (Å²) in [6.45, 7) is 0. The first-order chi connectivity index (χ1) is 9.78. The van der Waals surface area contributed by atoms with E-state index in [9.17, 15) is 4.39 Å². The summed E-state index contributed by atoms with van der Waals surface area (Å²) in [7, 11) is 0. The van der Waals surface area contributed by atoms with Crippen molar-refractivity contribution in [2.45, 2.75) is 12.8 Å². The molecular formula is C16H12FN3. The van der Waals surface area contributed by atoms with Gasteiger partial charge in [0, 0.05) is 12.6 Å². The van der Waals surface area contributed by atoms with Gasteiger partial charge in [0.2, 0.25) is 0 Å². The molecule has 20 heavy (non-hydrogen) atoms. The van der Waals surface area contributed by atoms with Crippen molar-refractivity contribution in [3.8, 4) is 6.07 Å². The van der Waals surface area contributed by atoms with Gasteiger partial charge in [-0.25, -0.2) is 9.37 Å². The van der Waals surface area contributed by atoms with Crippen LogP contribution < -0.4 is 0 Å². The number of rotatable bonds is 3. The van der Waals surface area contributed by atoms with E-state index < -0.39 is 0 Å². The molecular weight excluding hydrogens is 253 g/mol. The van der Waals surface area contributed by atoms with Crippen molar-refractivity contribution in [2.75, 3.05) is 0 Å². The molecule has 0 bridgehead atoms. The van der Waals surface area contributed by atoms with Gasteiger partial charge in [-0.2, -0.15) is 5.26 Å². The zero-order chi connectivity index (χ0) is 13.9. The maximum absolute atomic E-state index is 13.1. The van der Waals surface area contributed by atoms with E-state index in [0.717, 1.165) is 16.9 Å². The number of halogens is 1. The molecule has 0 spiro atoms. The first-order valence-corrected chi connectivity index (χ1v) is 6.38. The molecule has 0 N–H and O–H groups in total. The summed E-state index contributed by atoms with van der Waals surface area (Å²) < 4.78 is 15.1. The SMILES string of the molecule is N#Cc1nc(CCc2cccc(F)c2)n2ccccc12. The van der Waals surface area contributed by atoms with Crippen molar-refractivity contribution in [2.24, 2.45) is 0 Å². The molecule has 3 aromatic rings. The van der Waals surface area contributed by atoms with Crippen LogP contribution in [0, 0.1) is 17.1 Å². The Balaban J connectivity index is 1.90. The Morgan fingerprint density at radius 1 is 1.15 bits per heavy atom. The second-order valence-electron chi connectivity index (χ2n) is 4.57. The second kappa shape index (κ2) is 5.14. The normalized spacial score (nSPS) is 10.6. The zero-order valence-corrected chi connectivity index (χ0v) is 10.8. The lowest BCUT2D eigenvalue weighted by Gasteiger charge is -2.02. The lowest BCUT2D eigenvalue weighted by atomic mass is 10.1. The minimum absolute atomic E-state index is 0.229. The number of imidazole rings is 1. The van der Waals surface area contributed by atoms with Crippen LogP contribution in [-0.2, 0) is 12.8 Å². The maximum Gasteiger partial charge on any atom is 0.166 e. The fourth-order valence-corrected chi connectivity index (χ4v) is 2.31. The molecule has 0 aliphatic rings. The highest BCUT2D eigenvalue weighted by molar-refractivity contribution is 5.58. The average molecular weight is 265 g/mol. The number of fused-ring (bicyclic) bond motifs is 1. The van der Waals surface area contributed by atoms with Gasteiger partial charge in [-0.3, -0.25) is 0 Å². The van der Waals surface area contributed by atoms with Gasteiger partial charge in [-0.15, -0.1) is 0 Å². The fourth-order valence-electron chi connectivity index (χ4n) is 2.31. The number of nitriles is 1. The molecule has 2 aromatic heterocycles. The van der Waals surface area contributed by atoms with Crippen molar-refractivity contribution >= 4 is 5.52 Å².